The predicted molar refractivity (Wildman–Crippen MR) is 52.0 cm³/mol. The Labute approximate surface area is 81.5 Å². The van der Waals surface area contributed by atoms with Crippen LogP contribution in [-0.4, -0.2) is 22.0 Å². The van der Waals surface area contributed by atoms with Gasteiger partial charge in [-0.15, -0.1) is 0 Å². The molecule has 0 aromatic heterocycles. The molecule has 0 atom stereocenters. The van der Waals surface area contributed by atoms with Crippen molar-refractivity contribution in [2.75, 3.05) is 0 Å². The van der Waals surface area contributed by atoms with Gasteiger partial charge >= 0.3 is 5.97 Å². The Kier molecular flexibility index (Phi) is 3.23. The smallest absolute Gasteiger partial charge is 0.335 e. The average Bonchev–Trinajstić information content (AvgIpc) is 2.18. The molecule has 1 aromatic carbocycles. The largest absolute Gasteiger partial charge is 0.478 e. The van der Waals surface area contributed by atoms with Crippen LogP contribution in [0, 0.1) is 0 Å². The maximum Gasteiger partial charge on any atom is 0.335 e. The van der Waals surface area contributed by atoms with Crippen LogP contribution in [0.15, 0.2) is 29.4 Å². The van der Waals surface area contributed by atoms with E-state index in [0.717, 1.165) is 5.56 Å². The summed E-state index contributed by atoms with van der Waals surface area (Å²) in [6.07, 6.45) is 0.524. The van der Waals surface area contributed by atoms with Crippen molar-refractivity contribution in [3.63, 3.8) is 0 Å². The maximum absolute atomic E-state index is 10.5. The Hall–Kier alpha value is -1.84. The number of nitrogens with zero attached hydrogens (tertiary/aromatic N) is 1. The highest BCUT2D eigenvalue weighted by Gasteiger charge is 2.02. The topological polar surface area (TPSA) is 69.9 Å². The van der Waals surface area contributed by atoms with Gasteiger partial charge in [-0.05, 0) is 24.6 Å². The van der Waals surface area contributed by atoms with Crippen molar-refractivity contribution in [1.29, 1.82) is 0 Å². The summed E-state index contributed by atoms with van der Waals surface area (Å²) in [4.78, 5) is 10.5. The lowest BCUT2D eigenvalue weighted by molar-refractivity contribution is 0.0697. The second-order valence-corrected chi connectivity index (χ2v) is 3.01. The van der Waals surface area contributed by atoms with Gasteiger partial charge in [0.25, 0.3) is 0 Å². The molecule has 0 unspecified atom stereocenters. The SMILES string of the molecule is CC(Cc1ccc(C(=O)O)cc1)=NO. The number of oxime groups is 1. The summed E-state index contributed by atoms with van der Waals surface area (Å²) in [5, 5.41) is 20.1. The van der Waals surface area contributed by atoms with Crippen molar-refractivity contribution < 1.29 is 15.1 Å². The molecular weight excluding hydrogens is 182 g/mol. The lowest BCUT2D eigenvalue weighted by atomic mass is 10.1. The van der Waals surface area contributed by atoms with Gasteiger partial charge in [-0.1, -0.05) is 17.3 Å². The van der Waals surface area contributed by atoms with Gasteiger partial charge in [0.1, 0.15) is 0 Å². The minimum Gasteiger partial charge on any atom is -0.478 e. The molecule has 4 heteroatoms. The third-order valence-electron chi connectivity index (χ3n) is 1.83. The summed E-state index contributed by atoms with van der Waals surface area (Å²) in [5.41, 5.74) is 1.77. The van der Waals surface area contributed by atoms with Crippen molar-refractivity contribution in [2.45, 2.75) is 13.3 Å². The van der Waals surface area contributed by atoms with Crippen LogP contribution in [0.3, 0.4) is 0 Å². The molecule has 1 aromatic rings. The fraction of sp³-hybridized carbons (Fsp3) is 0.200. The molecule has 0 saturated heterocycles. The van der Waals surface area contributed by atoms with E-state index in [1.807, 2.05) is 0 Å². The first kappa shape index (κ1) is 10.2. The number of hydrogen-bond acceptors (Lipinski definition) is 3. The summed E-state index contributed by atoms with van der Waals surface area (Å²) in [7, 11) is 0. The van der Waals surface area contributed by atoms with E-state index in [0.29, 0.717) is 12.1 Å². The first-order valence-electron chi connectivity index (χ1n) is 4.13. The fourth-order valence-corrected chi connectivity index (χ4v) is 1.10. The quantitative estimate of drug-likeness (QED) is 0.436. The molecule has 0 bridgehead atoms. The molecule has 0 fully saturated rings. The van der Waals surface area contributed by atoms with E-state index in [1.165, 1.54) is 12.1 Å². The average molecular weight is 193 g/mol. The number of hydrogen-bond donors (Lipinski definition) is 2. The summed E-state index contributed by atoms with van der Waals surface area (Å²) in [6, 6.07) is 6.47. The zero-order valence-electron chi connectivity index (χ0n) is 7.77. The second-order valence-electron chi connectivity index (χ2n) is 3.01. The van der Waals surface area contributed by atoms with Crippen LogP contribution < -0.4 is 0 Å². The molecule has 0 saturated carbocycles. The Morgan fingerprint density at radius 1 is 1.36 bits per heavy atom. The minimum atomic E-state index is -0.941. The van der Waals surface area contributed by atoms with Gasteiger partial charge in [0.05, 0.1) is 11.3 Å². The van der Waals surface area contributed by atoms with E-state index < -0.39 is 5.97 Å². The van der Waals surface area contributed by atoms with E-state index >= 15 is 0 Å². The molecule has 0 heterocycles. The van der Waals surface area contributed by atoms with Gasteiger partial charge in [0.2, 0.25) is 0 Å². The van der Waals surface area contributed by atoms with Crippen LogP contribution in [-0.2, 0) is 6.42 Å². The number of aromatic carboxylic acids is 1. The van der Waals surface area contributed by atoms with Gasteiger partial charge < -0.3 is 10.3 Å². The molecule has 1 rings (SSSR count). The standard InChI is InChI=1S/C10H11NO3/c1-7(11-14)6-8-2-4-9(5-3-8)10(12)13/h2-5,14H,6H2,1H3,(H,12,13). The predicted octanol–water partition coefficient (Wildman–Crippen LogP) is 1.78. The Morgan fingerprint density at radius 3 is 2.36 bits per heavy atom. The number of carboxylic acids is 1. The number of rotatable bonds is 3. The van der Waals surface area contributed by atoms with E-state index in [-0.39, 0.29) is 5.56 Å². The van der Waals surface area contributed by atoms with Crippen LogP contribution >= 0.6 is 0 Å². The summed E-state index contributed by atoms with van der Waals surface area (Å²) < 4.78 is 0. The second kappa shape index (κ2) is 4.41. The van der Waals surface area contributed by atoms with E-state index in [1.54, 1.807) is 19.1 Å². The summed E-state index contributed by atoms with van der Waals surface area (Å²) >= 11 is 0. The van der Waals surface area contributed by atoms with Gasteiger partial charge in [0, 0.05) is 6.42 Å². The number of carboxylic acid groups (broad SMARTS) is 1. The Balaban J connectivity index is 2.79. The highest BCUT2D eigenvalue weighted by molar-refractivity contribution is 5.88. The van der Waals surface area contributed by atoms with Crippen LogP contribution in [0.5, 0.6) is 0 Å². The molecule has 0 aliphatic carbocycles. The van der Waals surface area contributed by atoms with E-state index in [2.05, 4.69) is 5.16 Å². The molecule has 14 heavy (non-hydrogen) atoms. The molecule has 4 nitrogen and oxygen atoms in total. The monoisotopic (exact) mass is 193 g/mol. The maximum atomic E-state index is 10.5. The van der Waals surface area contributed by atoms with Crippen molar-refractivity contribution in [2.24, 2.45) is 5.16 Å². The van der Waals surface area contributed by atoms with E-state index in [9.17, 15) is 4.79 Å². The van der Waals surface area contributed by atoms with Gasteiger partial charge in [-0.3, -0.25) is 0 Å². The highest BCUT2D eigenvalue weighted by atomic mass is 16.4. The van der Waals surface area contributed by atoms with Gasteiger partial charge in [-0.2, -0.15) is 0 Å². The van der Waals surface area contributed by atoms with Crippen molar-refractivity contribution in [3.8, 4) is 0 Å². The number of benzene rings is 1. The third-order valence-corrected chi connectivity index (χ3v) is 1.83. The Bertz CT molecular complexity index is 354. The van der Waals surface area contributed by atoms with Crippen LogP contribution in [0.1, 0.15) is 22.8 Å². The summed E-state index contributed by atoms with van der Waals surface area (Å²) in [6.45, 7) is 1.70. The molecule has 0 aliphatic rings. The zero-order valence-corrected chi connectivity index (χ0v) is 7.77. The van der Waals surface area contributed by atoms with E-state index in [4.69, 9.17) is 10.3 Å². The van der Waals surface area contributed by atoms with Crippen LogP contribution in [0.2, 0.25) is 0 Å². The highest BCUT2D eigenvalue weighted by Crippen LogP contribution is 2.05. The molecule has 74 valence electrons. The lowest BCUT2D eigenvalue weighted by Crippen LogP contribution is -1.99. The lowest BCUT2D eigenvalue weighted by Gasteiger charge is -1.99. The van der Waals surface area contributed by atoms with Gasteiger partial charge in [-0.25, -0.2) is 4.79 Å². The molecular formula is C10H11NO3. The molecule has 0 radical (unpaired) electrons. The van der Waals surface area contributed by atoms with Crippen molar-refractivity contribution in [1.82, 2.24) is 0 Å². The molecule has 0 aliphatic heterocycles. The first-order chi connectivity index (χ1) is 6.63. The molecule has 0 spiro atoms. The fourth-order valence-electron chi connectivity index (χ4n) is 1.10. The van der Waals surface area contributed by atoms with Crippen molar-refractivity contribution in [3.05, 3.63) is 35.4 Å². The molecule has 2 N–H and O–H groups in total. The minimum absolute atomic E-state index is 0.257. The van der Waals surface area contributed by atoms with Crippen LogP contribution in [0.4, 0.5) is 0 Å². The zero-order chi connectivity index (χ0) is 10.6. The van der Waals surface area contributed by atoms with Crippen LogP contribution in [0.25, 0.3) is 0 Å². The summed E-state index contributed by atoms with van der Waals surface area (Å²) in [5.74, 6) is -0.941. The molecule has 0 amide bonds. The third kappa shape index (κ3) is 2.58. The Morgan fingerprint density at radius 2 is 1.93 bits per heavy atom. The first-order valence-corrected chi connectivity index (χ1v) is 4.13. The number of carbonyl (C=O) groups is 1. The van der Waals surface area contributed by atoms with Crippen molar-refractivity contribution >= 4 is 11.7 Å². The normalized spacial score (nSPS) is 11.4. The van der Waals surface area contributed by atoms with Gasteiger partial charge in [0.15, 0.2) is 0 Å².